The van der Waals surface area contributed by atoms with Crippen LogP contribution >= 0.6 is 0 Å². The van der Waals surface area contributed by atoms with Gasteiger partial charge in [0.15, 0.2) is 0 Å². The molecule has 0 radical (unpaired) electrons. The molecular weight excluding hydrogens is 633 g/mol. The first-order chi connectivity index (χ1) is 25.6. The summed E-state index contributed by atoms with van der Waals surface area (Å²) in [6.45, 7) is 4.31. The number of hydrogen-bond donors (Lipinski definition) is 0. The Kier molecular flexibility index (Phi) is 6.06. The summed E-state index contributed by atoms with van der Waals surface area (Å²) in [5, 5.41) is 9.61. The fourth-order valence-electron chi connectivity index (χ4n) is 8.49. The topological polar surface area (TPSA) is 35.6 Å². The lowest BCUT2D eigenvalue weighted by Crippen LogP contribution is -2.01. The first-order valence-electron chi connectivity index (χ1n) is 17.8. The summed E-state index contributed by atoms with van der Waals surface area (Å²) >= 11 is 0. The van der Waals surface area contributed by atoms with Gasteiger partial charge in [0.1, 0.15) is 0 Å². The van der Waals surface area contributed by atoms with Gasteiger partial charge in [0.25, 0.3) is 0 Å². The molecule has 4 nitrogen and oxygen atoms in total. The third kappa shape index (κ3) is 4.15. The molecule has 0 N–H and O–H groups in total. The minimum absolute atomic E-state index is 0.838. The predicted molar refractivity (Wildman–Crippen MR) is 218 cm³/mol. The highest BCUT2D eigenvalue weighted by molar-refractivity contribution is 6.23. The van der Waals surface area contributed by atoms with Gasteiger partial charge >= 0.3 is 0 Å². The van der Waals surface area contributed by atoms with Crippen LogP contribution in [-0.4, -0.2) is 19.1 Å². The van der Waals surface area contributed by atoms with Crippen molar-refractivity contribution in [2.45, 2.75) is 13.8 Å². The molecule has 0 aliphatic rings. The van der Waals surface area contributed by atoms with Crippen molar-refractivity contribution in [3.63, 3.8) is 0 Å². The number of fused-ring (bicyclic) bond motifs is 12. The van der Waals surface area contributed by atoms with Crippen molar-refractivity contribution in [1.82, 2.24) is 19.1 Å². The minimum Gasteiger partial charge on any atom is -0.309 e. The summed E-state index contributed by atoms with van der Waals surface area (Å²) in [4.78, 5) is 10.7. The highest BCUT2D eigenvalue weighted by atomic mass is 15.0. The van der Waals surface area contributed by atoms with E-state index in [1.54, 1.807) is 0 Å². The van der Waals surface area contributed by atoms with E-state index in [2.05, 4.69) is 175 Å². The smallest absolute Gasteiger partial charge is 0.0979 e. The first-order valence-corrected chi connectivity index (χ1v) is 17.8. The van der Waals surface area contributed by atoms with E-state index in [-0.39, 0.29) is 0 Å². The van der Waals surface area contributed by atoms with Gasteiger partial charge in [-0.1, -0.05) is 120 Å². The molecular formula is C48H32N4. The molecule has 11 rings (SSSR count). The molecule has 3 heterocycles. The quantitative estimate of drug-likeness (QED) is 0.176. The van der Waals surface area contributed by atoms with Gasteiger partial charge in [0.05, 0.1) is 45.0 Å². The highest BCUT2D eigenvalue weighted by Gasteiger charge is 2.19. The van der Waals surface area contributed by atoms with Crippen molar-refractivity contribution in [2.75, 3.05) is 0 Å². The maximum absolute atomic E-state index is 5.49. The fraction of sp³-hybridized carbons (Fsp3) is 0.0417. The molecule has 0 bridgehead atoms. The van der Waals surface area contributed by atoms with E-state index in [1.165, 1.54) is 65.5 Å². The average molecular weight is 665 g/mol. The van der Waals surface area contributed by atoms with E-state index in [0.29, 0.717) is 0 Å². The minimum atomic E-state index is 0.838. The van der Waals surface area contributed by atoms with Crippen molar-refractivity contribution < 1.29 is 0 Å². The molecule has 0 aliphatic carbocycles. The Hall–Kier alpha value is -6.78. The van der Waals surface area contributed by atoms with Crippen molar-refractivity contribution in [3.05, 3.63) is 169 Å². The van der Waals surface area contributed by atoms with Crippen LogP contribution in [0, 0.1) is 13.8 Å². The zero-order valence-electron chi connectivity index (χ0n) is 28.8. The van der Waals surface area contributed by atoms with Crippen LogP contribution in [0.25, 0.3) is 98.8 Å². The molecule has 0 atom stereocenters. The van der Waals surface area contributed by atoms with Crippen LogP contribution in [0.15, 0.2) is 158 Å². The maximum atomic E-state index is 5.49. The van der Waals surface area contributed by atoms with Crippen molar-refractivity contribution in [1.29, 1.82) is 0 Å². The molecule has 0 fully saturated rings. The van der Waals surface area contributed by atoms with E-state index in [4.69, 9.17) is 9.97 Å². The molecule has 0 spiro atoms. The van der Waals surface area contributed by atoms with Crippen molar-refractivity contribution in [2.24, 2.45) is 0 Å². The lowest BCUT2D eigenvalue weighted by atomic mass is 9.96. The molecule has 0 saturated carbocycles. The van der Waals surface area contributed by atoms with E-state index in [9.17, 15) is 0 Å². The second-order valence-corrected chi connectivity index (χ2v) is 14.0. The Morgan fingerprint density at radius 2 is 0.808 bits per heavy atom. The zero-order valence-corrected chi connectivity index (χ0v) is 28.8. The van der Waals surface area contributed by atoms with E-state index < -0.39 is 0 Å². The molecule has 0 saturated heterocycles. The Balaban J connectivity index is 1.25. The number of aryl methyl sites for hydroxylation is 2. The number of hydrogen-bond acceptors (Lipinski definition) is 2. The molecule has 8 aromatic carbocycles. The average Bonchev–Trinajstić information content (AvgIpc) is 3.71. The van der Waals surface area contributed by atoms with Crippen LogP contribution in [0.1, 0.15) is 11.1 Å². The summed E-state index contributed by atoms with van der Waals surface area (Å²) in [5.41, 5.74) is 13.0. The van der Waals surface area contributed by atoms with Crippen LogP contribution in [0.2, 0.25) is 0 Å². The lowest BCUT2D eigenvalue weighted by molar-refractivity contribution is 1.13. The third-order valence-corrected chi connectivity index (χ3v) is 10.8. The van der Waals surface area contributed by atoms with Crippen LogP contribution in [0.5, 0.6) is 0 Å². The van der Waals surface area contributed by atoms with Crippen LogP contribution in [-0.2, 0) is 0 Å². The monoisotopic (exact) mass is 664 g/mol. The van der Waals surface area contributed by atoms with Crippen LogP contribution in [0.4, 0.5) is 0 Å². The number of rotatable bonds is 3. The summed E-state index contributed by atoms with van der Waals surface area (Å²) in [6, 6.07) is 55.0. The van der Waals surface area contributed by atoms with E-state index in [1.807, 2.05) is 6.20 Å². The van der Waals surface area contributed by atoms with Gasteiger partial charge in [0.2, 0.25) is 0 Å². The van der Waals surface area contributed by atoms with Crippen molar-refractivity contribution >= 4 is 76.2 Å². The number of para-hydroxylation sites is 4. The van der Waals surface area contributed by atoms with Gasteiger partial charge in [-0.3, -0.25) is 4.98 Å². The lowest BCUT2D eigenvalue weighted by Gasteiger charge is -2.16. The summed E-state index contributed by atoms with van der Waals surface area (Å²) in [5.74, 6) is 0. The van der Waals surface area contributed by atoms with Crippen LogP contribution in [0.3, 0.4) is 0 Å². The van der Waals surface area contributed by atoms with Gasteiger partial charge in [-0.05, 0) is 67.1 Å². The van der Waals surface area contributed by atoms with Gasteiger partial charge in [0, 0.05) is 49.3 Å². The second kappa shape index (κ2) is 10.9. The molecule has 244 valence electrons. The SMILES string of the molecule is Cc1ccc2c(c1)c1cc(C)ccc1c1nc(-c3cc(-n4c5ccccc5c5ccccc54)cc(-n4c5ccccc5c5ccccc54)c3)cnc21. The van der Waals surface area contributed by atoms with Gasteiger partial charge in [-0.25, -0.2) is 4.98 Å². The van der Waals surface area contributed by atoms with Gasteiger partial charge < -0.3 is 9.13 Å². The molecule has 4 heteroatoms. The molecule has 0 aliphatic heterocycles. The zero-order chi connectivity index (χ0) is 34.5. The van der Waals surface area contributed by atoms with E-state index >= 15 is 0 Å². The Morgan fingerprint density at radius 1 is 0.385 bits per heavy atom. The predicted octanol–water partition coefficient (Wildman–Crippen LogP) is 12.4. The maximum Gasteiger partial charge on any atom is 0.0979 e. The van der Waals surface area contributed by atoms with Gasteiger partial charge in [-0.2, -0.15) is 0 Å². The van der Waals surface area contributed by atoms with Crippen LogP contribution < -0.4 is 0 Å². The molecule has 0 unspecified atom stereocenters. The molecule has 3 aromatic heterocycles. The molecule has 11 aromatic rings. The highest BCUT2D eigenvalue weighted by Crippen LogP contribution is 2.39. The number of benzene rings is 8. The molecule has 52 heavy (non-hydrogen) atoms. The summed E-state index contributed by atoms with van der Waals surface area (Å²) in [6.07, 6.45) is 1.96. The largest absolute Gasteiger partial charge is 0.309 e. The normalized spacial score (nSPS) is 12.0. The first kappa shape index (κ1) is 29.0. The summed E-state index contributed by atoms with van der Waals surface area (Å²) in [7, 11) is 0. The Bertz CT molecular complexity index is 3030. The molecule has 0 amide bonds. The second-order valence-electron chi connectivity index (χ2n) is 14.0. The third-order valence-electron chi connectivity index (χ3n) is 10.8. The van der Waals surface area contributed by atoms with Crippen molar-refractivity contribution in [3.8, 4) is 22.6 Å². The standard InChI is InChI=1S/C48H32N4/c1-29-19-21-38-40(23-29)41-24-30(2)20-22-39(41)48-47(38)49-28-42(50-48)31-25-32(51-43-15-7-3-11-34(43)35-12-4-8-16-44(35)51)27-33(26-31)52-45-17-9-5-13-36(45)37-14-6-10-18-46(37)52/h3-28H,1-2H3. The number of nitrogens with zero attached hydrogens (tertiary/aromatic N) is 4. The number of aromatic nitrogens is 4. The Labute approximate surface area is 299 Å². The van der Waals surface area contributed by atoms with Gasteiger partial charge in [-0.15, -0.1) is 0 Å². The fourth-order valence-corrected chi connectivity index (χ4v) is 8.49. The van der Waals surface area contributed by atoms with E-state index in [0.717, 1.165) is 44.4 Å². The Morgan fingerprint density at radius 3 is 1.27 bits per heavy atom. The summed E-state index contributed by atoms with van der Waals surface area (Å²) < 4.78 is 4.79.